The second-order valence-electron chi connectivity index (χ2n) is 4.35. The van der Waals surface area contributed by atoms with Crippen molar-refractivity contribution in [2.45, 2.75) is 33.6 Å². The molecule has 1 aromatic rings. The van der Waals surface area contributed by atoms with Crippen LogP contribution in [0.3, 0.4) is 0 Å². The molecular weight excluding hydrogens is 262 g/mol. The summed E-state index contributed by atoms with van der Waals surface area (Å²) < 4.78 is 4.84. The maximum absolute atomic E-state index is 12.2. The predicted molar refractivity (Wildman–Crippen MR) is 76.6 cm³/mol. The number of amides is 1. The number of ether oxygens (including phenoxy) is 1. The fraction of sp³-hybridized carbons (Fsp3) is 0.571. The summed E-state index contributed by atoms with van der Waals surface area (Å²) >= 11 is 1.53. The highest BCUT2D eigenvalue weighted by molar-refractivity contribution is 7.14. The summed E-state index contributed by atoms with van der Waals surface area (Å²) in [5.41, 5.74) is 1.16. The molecule has 0 fully saturated rings. The van der Waals surface area contributed by atoms with E-state index in [4.69, 9.17) is 4.74 Å². The molecule has 0 saturated carbocycles. The molecule has 0 aliphatic heterocycles. The van der Waals surface area contributed by atoms with Gasteiger partial charge in [-0.1, -0.05) is 6.92 Å². The van der Waals surface area contributed by atoms with E-state index in [0.29, 0.717) is 13.2 Å². The van der Waals surface area contributed by atoms with Crippen LogP contribution in [0, 0.1) is 6.92 Å². The van der Waals surface area contributed by atoms with Gasteiger partial charge in [0.05, 0.1) is 17.9 Å². The maximum atomic E-state index is 12.2. The Kier molecular flexibility index (Phi) is 6.02. The lowest BCUT2D eigenvalue weighted by molar-refractivity contribution is -0.143. The Labute approximate surface area is 118 Å². The largest absolute Gasteiger partial charge is 0.466 e. The van der Waals surface area contributed by atoms with E-state index in [1.54, 1.807) is 18.9 Å². The van der Waals surface area contributed by atoms with Crippen LogP contribution in [0.1, 0.15) is 40.4 Å². The van der Waals surface area contributed by atoms with Gasteiger partial charge in [-0.25, -0.2) is 0 Å². The SMILES string of the molecule is CCOC(=O)CCN(C)C(=O)c1cc(C)c(CC)s1. The molecule has 1 heterocycles. The molecule has 0 saturated heterocycles. The van der Waals surface area contributed by atoms with Gasteiger partial charge in [0, 0.05) is 18.5 Å². The monoisotopic (exact) mass is 283 g/mol. The Morgan fingerprint density at radius 3 is 2.58 bits per heavy atom. The van der Waals surface area contributed by atoms with Crippen LogP contribution in [-0.2, 0) is 16.0 Å². The van der Waals surface area contributed by atoms with E-state index in [1.807, 2.05) is 13.0 Å². The minimum atomic E-state index is -0.265. The molecule has 1 rings (SSSR count). The molecular formula is C14H21NO3S. The molecule has 0 radical (unpaired) electrons. The Balaban J connectivity index is 2.58. The van der Waals surface area contributed by atoms with Gasteiger partial charge in [-0.05, 0) is 31.9 Å². The zero-order valence-electron chi connectivity index (χ0n) is 12.0. The Morgan fingerprint density at radius 2 is 2.05 bits per heavy atom. The van der Waals surface area contributed by atoms with E-state index >= 15 is 0 Å². The van der Waals surface area contributed by atoms with Gasteiger partial charge in [0.1, 0.15) is 0 Å². The molecule has 1 amide bonds. The van der Waals surface area contributed by atoms with Gasteiger partial charge in [-0.15, -0.1) is 11.3 Å². The summed E-state index contributed by atoms with van der Waals surface area (Å²) in [5, 5.41) is 0. The molecule has 0 aliphatic rings. The fourth-order valence-corrected chi connectivity index (χ4v) is 2.87. The van der Waals surface area contributed by atoms with E-state index in [-0.39, 0.29) is 18.3 Å². The lowest BCUT2D eigenvalue weighted by Gasteiger charge is -2.15. The van der Waals surface area contributed by atoms with Crippen molar-refractivity contribution in [3.8, 4) is 0 Å². The summed E-state index contributed by atoms with van der Waals surface area (Å²) in [6.07, 6.45) is 1.18. The average Bonchev–Trinajstić information content (AvgIpc) is 2.76. The highest BCUT2D eigenvalue weighted by Gasteiger charge is 2.16. The number of thiophene rings is 1. The van der Waals surface area contributed by atoms with Crippen LogP contribution >= 0.6 is 11.3 Å². The number of aryl methyl sites for hydroxylation is 2. The van der Waals surface area contributed by atoms with Crippen LogP contribution in [0.25, 0.3) is 0 Å². The van der Waals surface area contributed by atoms with Crippen molar-refractivity contribution in [2.75, 3.05) is 20.2 Å². The molecule has 0 unspecified atom stereocenters. The molecule has 0 spiro atoms. The van der Waals surface area contributed by atoms with Gasteiger partial charge >= 0.3 is 5.97 Å². The quantitative estimate of drug-likeness (QED) is 0.754. The third-order valence-corrected chi connectivity index (χ3v) is 4.23. The van der Waals surface area contributed by atoms with E-state index in [0.717, 1.165) is 16.9 Å². The molecule has 0 atom stereocenters. The van der Waals surface area contributed by atoms with Crippen molar-refractivity contribution in [1.82, 2.24) is 4.90 Å². The number of hydrogen-bond donors (Lipinski definition) is 0. The van der Waals surface area contributed by atoms with E-state index in [2.05, 4.69) is 6.92 Å². The fourth-order valence-electron chi connectivity index (χ4n) is 1.76. The first-order chi connectivity index (χ1) is 8.99. The summed E-state index contributed by atoms with van der Waals surface area (Å²) in [4.78, 5) is 27.0. The van der Waals surface area contributed by atoms with Crippen molar-refractivity contribution >= 4 is 23.2 Å². The second-order valence-corrected chi connectivity index (χ2v) is 5.49. The molecule has 0 bridgehead atoms. The number of hydrogen-bond acceptors (Lipinski definition) is 4. The van der Waals surface area contributed by atoms with E-state index in [1.165, 1.54) is 16.2 Å². The van der Waals surface area contributed by atoms with E-state index < -0.39 is 0 Å². The Morgan fingerprint density at radius 1 is 1.37 bits per heavy atom. The minimum Gasteiger partial charge on any atom is -0.466 e. The molecule has 1 aromatic heterocycles. The first-order valence-corrected chi connectivity index (χ1v) is 7.31. The van der Waals surface area contributed by atoms with Crippen LogP contribution in [0.4, 0.5) is 0 Å². The van der Waals surface area contributed by atoms with Crippen molar-refractivity contribution in [3.63, 3.8) is 0 Å². The zero-order chi connectivity index (χ0) is 14.4. The smallest absolute Gasteiger partial charge is 0.307 e. The van der Waals surface area contributed by atoms with Gasteiger partial charge in [0.2, 0.25) is 0 Å². The molecule has 5 heteroatoms. The predicted octanol–water partition coefficient (Wildman–Crippen LogP) is 2.64. The van der Waals surface area contributed by atoms with Crippen molar-refractivity contribution in [1.29, 1.82) is 0 Å². The normalized spacial score (nSPS) is 10.3. The summed E-state index contributed by atoms with van der Waals surface area (Å²) in [7, 11) is 1.71. The Bertz CT molecular complexity index is 454. The van der Waals surface area contributed by atoms with Crippen LogP contribution in [-0.4, -0.2) is 37.0 Å². The number of esters is 1. The minimum absolute atomic E-state index is 0.0305. The third kappa shape index (κ3) is 4.35. The van der Waals surface area contributed by atoms with Crippen molar-refractivity contribution < 1.29 is 14.3 Å². The first kappa shape index (κ1) is 15.7. The molecule has 0 aliphatic carbocycles. The number of nitrogens with zero attached hydrogens (tertiary/aromatic N) is 1. The second kappa shape index (κ2) is 7.28. The van der Waals surface area contributed by atoms with Gasteiger partial charge in [-0.2, -0.15) is 0 Å². The van der Waals surface area contributed by atoms with Crippen LogP contribution in [0.2, 0.25) is 0 Å². The zero-order valence-corrected chi connectivity index (χ0v) is 12.8. The van der Waals surface area contributed by atoms with E-state index in [9.17, 15) is 9.59 Å². The topological polar surface area (TPSA) is 46.6 Å². The number of carbonyl (C=O) groups is 2. The standard InChI is InChI=1S/C14H21NO3S/c1-5-11-10(3)9-12(19-11)14(17)15(4)8-7-13(16)18-6-2/h9H,5-8H2,1-4H3. The van der Waals surface area contributed by atoms with Gasteiger partial charge in [0.15, 0.2) is 0 Å². The number of rotatable bonds is 6. The number of carbonyl (C=O) groups excluding carboxylic acids is 2. The van der Waals surface area contributed by atoms with Crippen molar-refractivity contribution in [2.24, 2.45) is 0 Å². The molecule has 4 nitrogen and oxygen atoms in total. The highest BCUT2D eigenvalue weighted by Crippen LogP contribution is 2.23. The van der Waals surface area contributed by atoms with Gasteiger partial charge in [-0.3, -0.25) is 9.59 Å². The molecule has 106 valence electrons. The Hall–Kier alpha value is -1.36. The van der Waals surface area contributed by atoms with Crippen molar-refractivity contribution in [3.05, 3.63) is 21.4 Å². The van der Waals surface area contributed by atoms with Crippen LogP contribution in [0.15, 0.2) is 6.07 Å². The van der Waals surface area contributed by atoms with Gasteiger partial charge in [0.25, 0.3) is 5.91 Å². The molecule has 0 N–H and O–H groups in total. The van der Waals surface area contributed by atoms with Crippen LogP contribution < -0.4 is 0 Å². The lowest BCUT2D eigenvalue weighted by Crippen LogP contribution is -2.28. The third-order valence-electron chi connectivity index (χ3n) is 2.86. The summed E-state index contributed by atoms with van der Waals surface area (Å²) in [6.45, 7) is 6.63. The van der Waals surface area contributed by atoms with Crippen LogP contribution in [0.5, 0.6) is 0 Å². The first-order valence-electron chi connectivity index (χ1n) is 6.50. The highest BCUT2D eigenvalue weighted by atomic mass is 32.1. The summed E-state index contributed by atoms with van der Waals surface area (Å²) in [6, 6.07) is 1.92. The maximum Gasteiger partial charge on any atom is 0.307 e. The summed E-state index contributed by atoms with van der Waals surface area (Å²) in [5.74, 6) is -0.296. The van der Waals surface area contributed by atoms with Gasteiger partial charge < -0.3 is 9.64 Å². The average molecular weight is 283 g/mol. The lowest BCUT2D eigenvalue weighted by atomic mass is 10.2. The molecule has 0 aromatic carbocycles. The molecule has 19 heavy (non-hydrogen) atoms.